The summed E-state index contributed by atoms with van der Waals surface area (Å²) in [7, 11) is -2.97. The van der Waals surface area contributed by atoms with Gasteiger partial charge in [-0.3, -0.25) is 0 Å². The smallest absolute Gasteiger partial charge is 0.335 e. The second kappa shape index (κ2) is 5.08. The van der Waals surface area contributed by atoms with Gasteiger partial charge in [0, 0.05) is 13.1 Å². The fourth-order valence-electron chi connectivity index (χ4n) is 2.15. The van der Waals surface area contributed by atoms with E-state index in [1.54, 1.807) is 6.07 Å². The molecule has 104 valence electrons. The molecular weight excluding hydrogens is 268 g/mol. The Labute approximate surface area is 111 Å². The number of rotatable bonds is 2. The number of benzene rings is 1. The van der Waals surface area contributed by atoms with E-state index in [0.29, 0.717) is 30.9 Å². The number of hydrogen-bond acceptors (Lipinski definition) is 5. The molecule has 6 nitrogen and oxygen atoms in total. The van der Waals surface area contributed by atoms with Crippen LogP contribution in [0.1, 0.15) is 16.8 Å². The fourth-order valence-corrected chi connectivity index (χ4v) is 3.43. The minimum atomic E-state index is -2.97. The maximum atomic E-state index is 11.5. The van der Waals surface area contributed by atoms with E-state index in [0.717, 1.165) is 0 Å². The van der Waals surface area contributed by atoms with E-state index in [2.05, 4.69) is 0 Å². The number of carboxylic acids is 1. The number of nitrogens with zero attached hydrogens (tertiary/aromatic N) is 1. The van der Waals surface area contributed by atoms with Gasteiger partial charge in [0.15, 0.2) is 9.84 Å². The molecule has 0 aromatic heterocycles. The lowest BCUT2D eigenvalue weighted by Gasteiger charge is -2.23. The number of nitrogen functional groups attached to an aromatic ring is 1. The number of aromatic carboxylic acids is 1. The van der Waals surface area contributed by atoms with Crippen molar-refractivity contribution in [1.29, 1.82) is 0 Å². The number of carboxylic acid groups (broad SMARTS) is 1. The van der Waals surface area contributed by atoms with Crippen LogP contribution in [-0.2, 0) is 9.84 Å². The molecular formula is C12H16N2O4S. The summed E-state index contributed by atoms with van der Waals surface area (Å²) in [5, 5.41) is 8.88. The quantitative estimate of drug-likeness (QED) is 0.771. The topological polar surface area (TPSA) is 101 Å². The Morgan fingerprint density at radius 1 is 1.26 bits per heavy atom. The van der Waals surface area contributed by atoms with Crippen LogP contribution in [0.3, 0.4) is 0 Å². The Kier molecular flexibility index (Phi) is 3.66. The van der Waals surface area contributed by atoms with Gasteiger partial charge < -0.3 is 15.7 Å². The van der Waals surface area contributed by atoms with Crippen LogP contribution in [0.5, 0.6) is 0 Å². The molecule has 1 aromatic rings. The first-order valence-corrected chi connectivity index (χ1v) is 7.79. The van der Waals surface area contributed by atoms with E-state index in [9.17, 15) is 13.2 Å². The van der Waals surface area contributed by atoms with E-state index < -0.39 is 15.8 Å². The van der Waals surface area contributed by atoms with E-state index >= 15 is 0 Å². The van der Waals surface area contributed by atoms with Crippen molar-refractivity contribution in [2.45, 2.75) is 6.42 Å². The maximum Gasteiger partial charge on any atom is 0.335 e. The SMILES string of the molecule is Nc1cc(C(=O)O)ccc1N1CCCS(=O)(=O)CC1. The van der Waals surface area contributed by atoms with Gasteiger partial charge >= 0.3 is 5.97 Å². The minimum absolute atomic E-state index is 0.104. The molecule has 0 amide bonds. The molecule has 0 aliphatic carbocycles. The molecule has 0 unspecified atom stereocenters. The lowest BCUT2D eigenvalue weighted by molar-refractivity contribution is 0.0697. The second-order valence-corrected chi connectivity index (χ2v) is 6.87. The molecule has 7 heteroatoms. The van der Waals surface area contributed by atoms with Crippen LogP contribution in [0.2, 0.25) is 0 Å². The molecule has 0 atom stereocenters. The van der Waals surface area contributed by atoms with Crippen LogP contribution in [0.4, 0.5) is 11.4 Å². The number of nitrogens with two attached hydrogens (primary N) is 1. The summed E-state index contributed by atoms with van der Waals surface area (Å²) in [5.41, 5.74) is 7.04. The third kappa shape index (κ3) is 3.17. The van der Waals surface area contributed by atoms with Crippen LogP contribution in [-0.4, -0.2) is 44.1 Å². The number of carbonyl (C=O) groups is 1. The Morgan fingerprint density at radius 3 is 2.63 bits per heavy atom. The van der Waals surface area contributed by atoms with Gasteiger partial charge in [-0.25, -0.2) is 13.2 Å². The maximum absolute atomic E-state index is 11.5. The predicted molar refractivity (Wildman–Crippen MR) is 73.3 cm³/mol. The third-order valence-corrected chi connectivity index (χ3v) is 4.89. The first-order valence-electron chi connectivity index (χ1n) is 5.97. The molecule has 0 radical (unpaired) electrons. The van der Waals surface area contributed by atoms with Crippen molar-refractivity contribution in [3.05, 3.63) is 23.8 Å². The highest BCUT2D eigenvalue weighted by molar-refractivity contribution is 7.91. The Morgan fingerprint density at radius 2 is 2.00 bits per heavy atom. The summed E-state index contributed by atoms with van der Waals surface area (Å²) >= 11 is 0. The third-order valence-electron chi connectivity index (χ3n) is 3.17. The van der Waals surface area contributed by atoms with Crippen LogP contribution in [0.25, 0.3) is 0 Å². The lowest BCUT2D eigenvalue weighted by Crippen LogP contribution is -2.27. The van der Waals surface area contributed by atoms with Crippen molar-refractivity contribution in [1.82, 2.24) is 0 Å². The molecule has 0 bridgehead atoms. The zero-order valence-electron chi connectivity index (χ0n) is 10.4. The summed E-state index contributed by atoms with van der Waals surface area (Å²) in [5.74, 6) is -0.735. The zero-order chi connectivity index (χ0) is 14.0. The molecule has 0 spiro atoms. The van der Waals surface area contributed by atoms with Gasteiger partial charge in [0.1, 0.15) is 0 Å². The molecule has 19 heavy (non-hydrogen) atoms. The van der Waals surface area contributed by atoms with Gasteiger partial charge in [0.25, 0.3) is 0 Å². The van der Waals surface area contributed by atoms with E-state index in [1.807, 2.05) is 4.90 Å². The number of sulfone groups is 1. The normalized spacial score (nSPS) is 18.8. The number of anilines is 2. The zero-order valence-corrected chi connectivity index (χ0v) is 11.2. The van der Waals surface area contributed by atoms with Crippen molar-refractivity contribution in [3.8, 4) is 0 Å². The van der Waals surface area contributed by atoms with E-state index in [1.165, 1.54) is 12.1 Å². The van der Waals surface area contributed by atoms with E-state index in [-0.39, 0.29) is 17.1 Å². The largest absolute Gasteiger partial charge is 0.478 e. The van der Waals surface area contributed by atoms with Gasteiger partial charge in [-0.15, -0.1) is 0 Å². The first kappa shape index (κ1) is 13.7. The van der Waals surface area contributed by atoms with Gasteiger partial charge in [0.05, 0.1) is 28.4 Å². The molecule has 1 fully saturated rings. The molecule has 3 N–H and O–H groups in total. The standard InChI is InChI=1S/C12H16N2O4S/c13-10-8-9(12(15)16)2-3-11(10)14-4-1-6-19(17,18)7-5-14/h2-3,8H,1,4-7,13H2,(H,15,16). The Bertz CT molecular complexity index is 598. The Balaban J connectivity index is 2.25. The van der Waals surface area contributed by atoms with Crippen molar-refractivity contribution < 1.29 is 18.3 Å². The summed E-state index contributed by atoms with van der Waals surface area (Å²) in [6.07, 6.45) is 0.558. The van der Waals surface area contributed by atoms with Crippen molar-refractivity contribution in [2.75, 3.05) is 35.2 Å². The van der Waals surface area contributed by atoms with Gasteiger partial charge in [-0.05, 0) is 24.6 Å². The van der Waals surface area contributed by atoms with Crippen LogP contribution < -0.4 is 10.6 Å². The fraction of sp³-hybridized carbons (Fsp3) is 0.417. The second-order valence-electron chi connectivity index (χ2n) is 4.57. The summed E-state index contributed by atoms with van der Waals surface area (Å²) in [4.78, 5) is 12.7. The summed E-state index contributed by atoms with van der Waals surface area (Å²) < 4.78 is 23.1. The van der Waals surface area contributed by atoms with Gasteiger partial charge in [-0.1, -0.05) is 0 Å². The van der Waals surface area contributed by atoms with Crippen LogP contribution in [0, 0.1) is 0 Å². The van der Waals surface area contributed by atoms with Crippen molar-refractivity contribution in [3.63, 3.8) is 0 Å². The highest BCUT2D eigenvalue weighted by atomic mass is 32.2. The minimum Gasteiger partial charge on any atom is -0.478 e. The molecule has 1 aliphatic rings. The molecule has 1 aromatic carbocycles. The predicted octanol–water partition coefficient (Wildman–Crippen LogP) is 0.592. The van der Waals surface area contributed by atoms with Gasteiger partial charge in [-0.2, -0.15) is 0 Å². The van der Waals surface area contributed by atoms with Gasteiger partial charge in [0.2, 0.25) is 0 Å². The molecule has 0 saturated carbocycles. The molecule has 1 aliphatic heterocycles. The molecule has 1 saturated heterocycles. The summed E-state index contributed by atoms with van der Waals surface area (Å²) in [6, 6.07) is 4.52. The molecule has 1 heterocycles. The average molecular weight is 284 g/mol. The first-order chi connectivity index (χ1) is 8.89. The van der Waals surface area contributed by atoms with Crippen molar-refractivity contribution >= 4 is 27.2 Å². The van der Waals surface area contributed by atoms with Crippen LogP contribution >= 0.6 is 0 Å². The Hall–Kier alpha value is -1.76. The highest BCUT2D eigenvalue weighted by Crippen LogP contribution is 2.25. The monoisotopic (exact) mass is 284 g/mol. The van der Waals surface area contributed by atoms with Crippen molar-refractivity contribution in [2.24, 2.45) is 0 Å². The molecule has 2 rings (SSSR count). The number of hydrogen-bond donors (Lipinski definition) is 2. The highest BCUT2D eigenvalue weighted by Gasteiger charge is 2.20. The average Bonchev–Trinajstić information content (AvgIpc) is 2.50. The summed E-state index contributed by atoms with van der Waals surface area (Å²) in [6.45, 7) is 0.995. The van der Waals surface area contributed by atoms with E-state index in [4.69, 9.17) is 10.8 Å². The van der Waals surface area contributed by atoms with Crippen LogP contribution in [0.15, 0.2) is 18.2 Å². The lowest BCUT2D eigenvalue weighted by atomic mass is 10.1.